The second-order valence-electron chi connectivity index (χ2n) is 5.01. The number of carboxylic acid groups (broad SMARTS) is 1. The topological polar surface area (TPSA) is 83.4 Å². The molecule has 0 bridgehead atoms. The van der Waals surface area contributed by atoms with E-state index < -0.39 is 5.97 Å². The highest BCUT2D eigenvalue weighted by Crippen LogP contribution is 2.12. The maximum Gasteiger partial charge on any atom is 0.354 e. The van der Waals surface area contributed by atoms with Crippen molar-refractivity contribution in [3.05, 3.63) is 46.2 Å². The van der Waals surface area contributed by atoms with Gasteiger partial charge in [0.1, 0.15) is 5.69 Å². The number of aromatic nitrogens is 2. The number of hydrogen-bond acceptors (Lipinski definition) is 5. The number of carboxylic acids is 1. The maximum absolute atomic E-state index is 12.5. The third-order valence-corrected chi connectivity index (χ3v) is 4.00. The molecule has 2 heterocycles. The van der Waals surface area contributed by atoms with E-state index in [1.54, 1.807) is 22.4 Å². The molecule has 1 N–H and O–H groups in total. The van der Waals surface area contributed by atoms with Gasteiger partial charge in [0.15, 0.2) is 0 Å². The van der Waals surface area contributed by atoms with Crippen LogP contribution in [0, 0.1) is 0 Å². The molecule has 0 aliphatic carbocycles. The highest BCUT2D eigenvalue weighted by Gasteiger charge is 2.19. The molecule has 2 rings (SSSR count). The normalized spacial score (nSPS) is 10.7. The molecule has 0 aromatic carbocycles. The molecule has 0 fully saturated rings. The second-order valence-corrected chi connectivity index (χ2v) is 5.98. The van der Waals surface area contributed by atoms with Gasteiger partial charge in [0.2, 0.25) is 0 Å². The Balaban J connectivity index is 2.10. The van der Waals surface area contributed by atoms with Crippen LogP contribution in [0.3, 0.4) is 0 Å². The number of amides is 1. The smallest absolute Gasteiger partial charge is 0.354 e. The molecule has 0 saturated heterocycles. The van der Waals surface area contributed by atoms with E-state index in [0.717, 1.165) is 5.01 Å². The minimum Gasteiger partial charge on any atom is -0.477 e. The van der Waals surface area contributed by atoms with Crippen LogP contribution in [0.4, 0.5) is 0 Å². The van der Waals surface area contributed by atoms with Gasteiger partial charge in [0.25, 0.3) is 5.91 Å². The summed E-state index contributed by atoms with van der Waals surface area (Å²) in [6.45, 7) is 4.45. The Labute approximate surface area is 132 Å². The predicted molar refractivity (Wildman–Crippen MR) is 83.2 cm³/mol. The van der Waals surface area contributed by atoms with Crippen molar-refractivity contribution < 1.29 is 14.7 Å². The average Bonchev–Trinajstić information content (AvgIpc) is 3.00. The molecular formula is C15H17N3O3S. The minimum atomic E-state index is -1.11. The minimum absolute atomic E-state index is 0.0339. The number of aromatic carboxylic acids is 1. The second kappa shape index (κ2) is 7.13. The fourth-order valence-electron chi connectivity index (χ4n) is 2.00. The van der Waals surface area contributed by atoms with E-state index in [-0.39, 0.29) is 17.6 Å². The van der Waals surface area contributed by atoms with Gasteiger partial charge in [-0.1, -0.05) is 0 Å². The number of carbonyl (C=O) groups excluding carboxylic acids is 1. The SMILES string of the molecule is CC(C)N(CCc1nccs1)C(=O)c1ccc(C(=O)O)nc1. The highest BCUT2D eigenvalue weighted by molar-refractivity contribution is 7.09. The zero-order valence-corrected chi connectivity index (χ0v) is 13.2. The van der Waals surface area contributed by atoms with Gasteiger partial charge in [-0.15, -0.1) is 11.3 Å². The lowest BCUT2D eigenvalue weighted by molar-refractivity contribution is 0.0681. The van der Waals surface area contributed by atoms with Crippen LogP contribution in [-0.2, 0) is 6.42 Å². The summed E-state index contributed by atoms with van der Waals surface area (Å²) >= 11 is 1.56. The summed E-state index contributed by atoms with van der Waals surface area (Å²) < 4.78 is 0. The van der Waals surface area contributed by atoms with Crippen molar-refractivity contribution in [1.29, 1.82) is 0 Å². The van der Waals surface area contributed by atoms with Gasteiger partial charge >= 0.3 is 5.97 Å². The van der Waals surface area contributed by atoms with E-state index in [4.69, 9.17) is 5.11 Å². The van der Waals surface area contributed by atoms with Gasteiger partial charge < -0.3 is 10.0 Å². The van der Waals surface area contributed by atoms with E-state index in [1.165, 1.54) is 18.3 Å². The molecular weight excluding hydrogens is 302 g/mol. The van der Waals surface area contributed by atoms with Crippen LogP contribution in [0.25, 0.3) is 0 Å². The first-order valence-electron chi connectivity index (χ1n) is 6.87. The lowest BCUT2D eigenvalue weighted by Crippen LogP contribution is -2.38. The van der Waals surface area contributed by atoms with Crippen molar-refractivity contribution in [3.8, 4) is 0 Å². The highest BCUT2D eigenvalue weighted by atomic mass is 32.1. The van der Waals surface area contributed by atoms with E-state index in [9.17, 15) is 9.59 Å². The first-order chi connectivity index (χ1) is 10.5. The Kier molecular flexibility index (Phi) is 5.21. The molecule has 2 aromatic heterocycles. The molecule has 1 amide bonds. The molecule has 7 heteroatoms. The first-order valence-corrected chi connectivity index (χ1v) is 7.75. The zero-order chi connectivity index (χ0) is 16.1. The van der Waals surface area contributed by atoms with Crippen molar-refractivity contribution in [1.82, 2.24) is 14.9 Å². The van der Waals surface area contributed by atoms with Crippen LogP contribution in [0.5, 0.6) is 0 Å². The summed E-state index contributed by atoms with van der Waals surface area (Å²) in [6, 6.07) is 2.87. The number of rotatable bonds is 6. The monoisotopic (exact) mass is 319 g/mol. The summed E-state index contributed by atoms with van der Waals surface area (Å²) in [6.07, 6.45) is 3.75. The molecule has 0 unspecified atom stereocenters. The fraction of sp³-hybridized carbons (Fsp3) is 0.333. The van der Waals surface area contributed by atoms with Gasteiger partial charge in [-0.25, -0.2) is 14.8 Å². The van der Waals surface area contributed by atoms with Gasteiger partial charge in [-0.3, -0.25) is 4.79 Å². The largest absolute Gasteiger partial charge is 0.477 e. The van der Waals surface area contributed by atoms with Crippen LogP contribution < -0.4 is 0 Å². The van der Waals surface area contributed by atoms with Crippen molar-refractivity contribution in [2.24, 2.45) is 0 Å². The van der Waals surface area contributed by atoms with Crippen LogP contribution in [0.2, 0.25) is 0 Å². The molecule has 6 nitrogen and oxygen atoms in total. The summed E-state index contributed by atoms with van der Waals surface area (Å²) in [7, 11) is 0. The summed E-state index contributed by atoms with van der Waals surface area (Å²) in [5.74, 6) is -1.26. The fourth-order valence-corrected chi connectivity index (χ4v) is 2.61. The van der Waals surface area contributed by atoms with Gasteiger partial charge in [-0.05, 0) is 26.0 Å². The predicted octanol–water partition coefficient (Wildman–Crippen LogP) is 2.33. The van der Waals surface area contributed by atoms with Crippen molar-refractivity contribution in [2.45, 2.75) is 26.3 Å². The van der Waals surface area contributed by atoms with Gasteiger partial charge in [0.05, 0.1) is 10.6 Å². The summed E-state index contributed by atoms with van der Waals surface area (Å²) in [5.41, 5.74) is 0.313. The third-order valence-electron chi connectivity index (χ3n) is 3.16. The quantitative estimate of drug-likeness (QED) is 0.883. The van der Waals surface area contributed by atoms with E-state index >= 15 is 0 Å². The number of carbonyl (C=O) groups is 2. The Morgan fingerprint density at radius 1 is 1.32 bits per heavy atom. The molecule has 0 aliphatic heterocycles. The van der Waals surface area contributed by atoms with Gasteiger partial charge in [0, 0.05) is 36.8 Å². The number of nitrogens with zero attached hydrogens (tertiary/aromatic N) is 3. The number of pyridine rings is 1. The maximum atomic E-state index is 12.5. The van der Waals surface area contributed by atoms with Crippen LogP contribution >= 0.6 is 11.3 Å². The van der Waals surface area contributed by atoms with E-state index in [2.05, 4.69) is 9.97 Å². The van der Waals surface area contributed by atoms with Gasteiger partial charge in [-0.2, -0.15) is 0 Å². The van der Waals surface area contributed by atoms with Crippen LogP contribution in [-0.4, -0.2) is 44.4 Å². The number of thiazole rings is 1. The third kappa shape index (κ3) is 3.88. The Morgan fingerprint density at radius 3 is 2.59 bits per heavy atom. The Bertz CT molecular complexity index is 639. The Morgan fingerprint density at radius 2 is 2.09 bits per heavy atom. The van der Waals surface area contributed by atoms with Crippen molar-refractivity contribution >= 4 is 23.2 Å². The van der Waals surface area contributed by atoms with Crippen LogP contribution in [0.15, 0.2) is 29.9 Å². The molecule has 22 heavy (non-hydrogen) atoms. The summed E-state index contributed by atoms with van der Waals surface area (Å²) in [4.78, 5) is 33.1. The lowest BCUT2D eigenvalue weighted by atomic mass is 10.2. The first kappa shape index (κ1) is 16.1. The standard InChI is InChI=1S/C15H17N3O3S/c1-10(2)18(7-5-13-16-6-8-22-13)14(19)11-3-4-12(15(20)21)17-9-11/h3-4,6,8-10H,5,7H2,1-2H3,(H,20,21). The Hall–Kier alpha value is -2.28. The van der Waals surface area contributed by atoms with Crippen molar-refractivity contribution in [3.63, 3.8) is 0 Å². The molecule has 0 radical (unpaired) electrons. The van der Waals surface area contributed by atoms with E-state index in [0.29, 0.717) is 18.5 Å². The average molecular weight is 319 g/mol. The molecule has 2 aromatic rings. The number of hydrogen-bond donors (Lipinski definition) is 1. The molecule has 0 saturated carbocycles. The van der Waals surface area contributed by atoms with E-state index in [1.807, 2.05) is 19.2 Å². The van der Waals surface area contributed by atoms with Crippen molar-refractivity contribution in [2.75, 3.05) is 6.54 Å². The molecule has 0 aliphatic rings. The molecule has 116 valence electrons. The molecule has 0 spiro atoms. The summed E-state index contributed by atoms with van der Waals surface area (Å²) in [5, 5.41) is 11.7. The lowest BCUT2D eigenvalue weighted by Gasteiger charge is -2.26. The molecule has 0 atom stereocenters. The zero-order valence-electron chi connectivity index (χ0n) is 12.4. The van der Waals surface area contributed by atoms with Crippen LogP contribution in [0.1, 0.15) is 39.7 Å².